The van der Waals surface area contributed by atoms with E-state index in [1.54, 1.807) is 0 Å². The van der Waals surface area contributed by atoms with Crippen molar-refractivity contribution in [2.75, 3.05) is 11.5 Å². The van der Waals surface area contributed by atoms with Crippen molar-refractivity contribution in [3.05, 3.63) is 5.69 Å². The maximum atomic E-state index is 8.88. The number of rotatable bonds is 2. The quantitative estimate of drug-likeness (QED) is 0.860. The van der Waals surface area contributed by atoms with Crippen molar-refractivity contribution in [2.45, 2.75) is 50.5 Å². The van der Waals surface area contributed by atoms with Crippen LogP contribution in [0.2, 0.25) is 0 Å². The van der Waals surface area contributed by atoms with Crippen molar-refractivity contribution >= 4 is 11.5 Å². The monoisotopic (exact) mass is 271 g/mol. The Labute approximate surface area is 118 Å². The van der Waals surface area contributed by atoms with Crippen LogP contribution in [0.1, 0.15) is 44.2 Å². The summed E-state index contributed by atoms with van der Waals surface area (Å²) in [5.41, 5.74) is 13.5. The first-order valence-electron chi connectivity index (χ1n) is 7.61. The minimum absolute atomic E-state index is 0.0840. The lowest BCUT2D eigenvalue weighted by Crippen LogP contribution is -2.52. The Morgan fingerprint density at radius 2 is 1.70 bits per heavy atom. The van der Waals surface area contributed by atoms with E-state index in [0.717, 1.165) is 17.8 Å². The molecule has 1 aromatic rings. The molecule has 4 bridgehead atoms. The van der Waals surface area contributed by atoms with Crippen LogP contribution in [0.4, 0.5) is 11.5 Å². The van der Waals surface area contributed by atoms with Crippen LogP contribution in [0.25, 0.3) is 0 Å². The highest BCUT2D eigenvalue weighted by Crippen LogP contribution is 2.59. The summed E-state index contributed by atoms with van der Waals surface area (Å²) in [6.45, 7) is 0. The predicted molar refractivity (Wildman–Crippen MR) is 76.5 cm³/mol. The van der Waals surface area contributed by atoms with Crippen molar-refractivity contribution < 1.29 is 0 Å². The lowest BCUT2D eigenvalue weighted by atomic mass is 9.53. The minimum Gasteiger partial charge on any atom is -0.394 e. The maximum Gasteiger partial charge on any atom is 0.146 e. The van der Waals surface area contributed by atoms with Gasteiger partial charge in [0.25, 0.3) is 0 Å². The van der Waals surface area contributed by atoms with Crippen LogP contribution < -0.4 is 11.5 Å². The highest BCUT2D eigenvalue weighted by Gasteiger charge is 2.53. The van der Waals surface area contributed by atoms with E-state index in [-0.39, 0.29) is 12.0 Å². The van der Waals surface area contributed by atoms with Gasteiger partial charge in [-0.3, -0.25) is 0 Å². The molecule has 106 valence electrons. The molecule has 1 heterocycles. The first-order chi connectivity index (χ1) is 9.61. The molecule has 0 radical (unpaired) electrons. The van der Waals surface area contributed by atoms with Crippen LogP contribution in [-0.4, -0.2) is 9.78 Å². The summed E-state index contributed by atoms with van der Waals surface area (Å²) in [7, 11) is 0. The number of nitrogen functional groups attached to an aromatic ring is 2. The van der Waals surface area contributed by atoms with E-state index in [0.29, 0.717) is 17.2 Å². The summed E-state index contributed by atoms with van der Waals surface area (Å²) in [6, 6.07) is 2.13. The zero-order valence-corrected chi connectivity index (χ0v) is 11.7. The fourth-order valence-corrected chi connectivity index (χ4v) is 5.38. The molecule has 0 spiro atoms. The fraction of sp³-hybridized carbons (Fsp3) is 0.733. The largest absolute Gasteiger partial charge is 0.394 e. The van der Waals surface area contributed by atoms with Gasteiger partial charge in [-0.05, 0) is 56.3 Å². The number of nitrogens with two attached hydrogens (primary N) is 2. The summed E-state index contributed by atoms with van der Waals surface area (Å²) < 4.78 is 2.00. The molecule has 4 aliphatic rings. The summed E-state index contributed by atoms with van der Waals surface area (Å²) >= 11 is 0. The third-order valence-corrected chi connectivity index (χ3v) is 5.74. The van der Waals surface area contributed by atoms with E-state index in [1.807, 2.05) is 4.68 Å². The highest BCUT2D eigenvalue weighted by molar-refractivity contribution is 5.63. The predicted octanol–water partition coefficient (Wildman–Crippen LogP) is 2.04. The Hall–Kier alpha value is -1.70. The molecule has 20 heavy (non-hydrogen) atoms. The zero-order valence-electron chi connectivity index (χ0n) is 11.7. The molecule has 4 saturated carbocycles. The van der Waals surface area contributed by atoms with E-state index in [9.17, 15) is 0 Å². The first kappa shape index (κ1) is 12.1. The molecule has 0 unspecified atom stereocenters. The lowest BCUT2D eigenvalue weighted by Gasteiger charge is -2.56. The van der Waals surface area contributed by atoms with Gasteiger partial charge in [-0.2, -0.15) is 10.4 Å². The van der Waals surface area contributed by atoms with Gasteiger partial charge in [-0.1, -0.05) is 0 Å². The summed E-state index contributed by atoms with van der Waals surface area (Å²) in [5, 5.41) is 13.5. The van der Waals surface area contributed by atoms with Gasteiger partial charge in [0.15, 0.2) is 0 Å². The Balaban J connectivity index is 1.77. The van der Waals surface area contributed by atoms with Crippen LogP contribution in [0.5, 0.6) is 0 Å². The normalized spacial score (nSPS) is 38.0. The van der Waals surface area contributed by atoms with Crippen LogP contribution in [0.15, 0.2) is 0 Å². The van der Waals surface area contributed by atoms with Crippen LogP contribution in [0, 0.1) is 29.1 Å². The number of nitriles is 1. The second-order valence-corrected chi connectivity index (χ2v) is 7.13. The number of aromatic nitrogens is 2. The standard InChI is InChI=1S/C15H21N5/c16-2-1-12-13(17)14(18)20(19-12)15-6-9-3-10(7-15)5-11(4-9)8-15/h9-11H,1,3-8,17-18H2. The molecule has 0 amide bonds. The van der Waals surface area contributed by atoms with E-state index in [2.05, 4.69) is 11.2 Å². The van der Waals surface area contributed by atoms with Gasteiger partial charge in [-0.15, -0.1) is 0 Å². The number of hydrogen-bond acceptors (Lipinski definition) is 4. The highest BCUT2D eigenvalue weighted by atomic mass is 15.4. The third-order valence-electron chi connectivity index (χ3n) is 5.74. The second-order valence-electron chi connectivity index (χ2n) is 7.13. The Morgan fingerprint density at radius 3 is 2.20 bits per heavy atom. The van der Waals surface area contributed by atoms with Gasteiger partial charge in [0.2, 0.25) is 0 Å². The molecule has 0 atom stereocenters. The lowest BCUT2D eigenvalue weighted by molar-refractivity contribution is -0.0482. The first-order valence-corrected chi connectivity index (χ1v) is 7.61. The number of anilines is 2. The van der Waals surface area contributed by atoms with Crippen LogP contribution >= 0.6 is 0 Å². The van der Waals surface area contributed by atoms with Crippen molar-refractivity contribution in [3.8, 4) is 6.07 Å². The molecule has 5 nitrogen and oxygen atoms in total. The molecule has 1 aromatic heterocycles. The van der Waals surface area contributed by atoms with Crippen molar-refractivity contribution in [2.24, 2.45) is 17.8 Å². The Kier molecular flexibility index (Phi) is 2.36. The smallest absolute Gasteiger partial charge is 0.146 e. The summed E-state index contributed by atoms with van der Waals surface area (Å²) in [4.78, 5) is 0. The number of nitrogens with zero attached hydrogens (tertiary/aromatic N) is 3. The van der Waals surface area contributed by atoms with Gasteiger partial charge in [-0.25, -0.2) is 4.68 Å². The van der Waals surface area contributed by atoms with E-state index >= 15 is 0 Å². The topological polar surface area (TPSA) is 93.6 Å². The van der Waals surface area contributed by atoms with Crippen molar-refractivity contribution in [1.29, 1.82) is 5.26 Å². The molecule has 4 fully saturated rings. The summed E-state index contributed by atoms with van der Waals surface area (Å²) in [5.74, 6) is 3.10. The SMILES string of the molecule is N#CCc1nn(C23CC4CC(CC(C4)C2)C3)c(N)c1N. The molecule has 5 rings (SSSR count). The van der Waals surface area contributed by atoms with E-state index in [1.165, 1.54) is 38.5 Å². The fourth-order valence-electron chi connectivity index (χ4n) is 5.38. The summed E-state index contributed by atoms with van der Waals surface area (Å²) in [6.07, 6.45) is 7.99. The molecular weight excluding hydrogens is 250 g/mol. The third kappa shape index (κ3) is 1.51. The molecule has 4 aliphatic carbocycles. The van der Waals surface area contributed by atoms with E-state index in [4.69, 9.17) is 16.7 Å². The average Bonchev–Trinajstić information content (AvgIpc) is 2.67. The van der Waals surface area contributed by atoms with Crippen molar-refractivity contribution in [3.63, 3.8) is 0 Å². The molecule has 0 aromatic carbocycles. The molecule has 5 heteroatoms. The van der Waals surface area contributed by atoms with Gasteiger partial charge < -0.3 is 11.5 Å². The number of hydrogen-bond donors (Lipinski definition) is 2. The zero-order chi connectivity index (χ0) is 13.9. The molecular formula is C15H21N5. The molecule has 0 aliphatic heterocycles. The van der Waals surface area contributed by atoms with Gasteiger partial charge in [0.1, 0.15) is 11.5 Å². The second kappa shape index (κ2) is 3.91. The van der Waals surface area contributed by atoms with Gasteiger partial charge >= 0.3 is 0 Å². The van der Waals surface area contributed by atoms with Crippen LogP contribution in [-0.2, 0) is 12.0 Å². The Morgan fingerprint density at radius 1 is 1.15 bits per heavy atom. The van der Waals surface area contributed by atoms with Gasteiger partial charge in [0.05, 0.1) is 23.7 Å². The maximum absolute atomic E-state index is 8.88. The van der Waals surface area contributed by atoms with Gasteiger partial charge in [0, 0.05) is 0 Å². The molecule has 4 N–H and O–H groups in total. The average molecular weight is 271 g/mol. The molecule has 0 saturated heterocycles. The minimum atomic E-state index is 0.0840. The van der Waals surface area contributed by atoms with Crippen molar-refractivity contribution in [1.82, 2.24) is 9.78 Å². The van der Waals surface area contributed by atoms with Crippen LogP contribution in [0.3, 0.4) is 0 Å². The Bertz CT molecular complexity index is 559. The van der Waals surface area contributed by atoms with E-state index < -0.39 is 0 Å².